The molecular weight excluding hydrogens is 390 g/mol. The van der Waals surface area contributed by atoms with Crippen molar-refractivity contribution in [3.8, 4) is 5.75 Å². The van der Waals surface area contributed by atoms with E-state index >= 15 is 0 Å². The highest BCUT2D eigenvalue weighted by molar-refractivity contribution is 6.05. The normalized spacial score (nSPS) is 10.3. The van der Waals surface area contributed by atoms with Crippen LogP contribution in [-0.2, 0) is 4.79 Å². The lowest BCUT2D eigenvalue weighted by molar-refractivity contribution is -0.119. The third-order valence-corrected chi connectivity index (χ3v) is 4.65. The molecule has 3 rings (SSSR count). The van der Waals surface area contributed by atoms with Crippen molar-refractivity contribution in [2.45, 2.75) is 13.8 Å². The summed E-state index contributed by atoms with van der Waals surface area (Å²) >= 11 is 0. The Kier molecular flexibility index (Phi) is 7.65. The minimum atomic E-state index is -0.202. The van der Waals surface area contributed by atoms with E-state index in [0.717, 1.165) is 28.3 Å². The Morgan fingerprint density at radius 3 is 2.48 bits per heavy atom. The number of ether oxygens (including phenoxy) is 1. The van der Waals surface area contributed by atoms with Gasteiger partial charge in [0, 0.05) is 16.9 Å². The monoisotopic (exact) mass is 417 g/mol. The predicted molar refractivity (Wildman–Crippen MR) is 124 cm³/mol. The third kappa shape index (κ3) is 6.89. The standard InChI is InChI=1S/C25H27N3O3/c1-18-7-6-10-22(15-18)31-14-13-26-24(29)17-27-23-16-20(12-11-19(23)2)25(30)28-21-8-4-3-5-9-21/h3-12,15-16,27H,13-14,17H2,1-2H3,(H,26,29)(H,28,30). The Hall–Kier alpha value is -3.80. The Morgan fingerprint density at radius 2 is 1.71 bits per heavy atom. The number of aryl methyl sites for hydroxylation is 2. The van der Waals surface area contributed by atoms with Gasteiger partial charge in [-0.1, -0.05) is 36.4 Å². The van der Waals surface area contributed by atoms with Gasteiger partial charge in [0.05, 0.1) is 13.1 Å². The summed E-state index contributed by atoms with van der Waals surface area (Å²) in [5, 5.41) is 8.79. The molecule has 0 saturated heterocycles. The molecule has 3 aromatic rings. The maximum atomic E-state index is 12.5. The summed E-state index contributed by atoms with van der Waals surface area (Å²) in [7, 11) is 0. The van der Waals surface area contributed by atoms with E-state index in [2.05, 4.69) is 16.0 Å². The van der Waals surface area contributed by atoms with Crippen LogP contribution in [-0.4, -0.2) is 31.5 Å². The molecular formula is C25H27N3O3. The van der Waals surface area contributed by atoms with Gasteiger partial charge in [0.1, 0.15) is 12.4 Å². The average molecular weight is 418 g/mol. The van der Waals surface area contributed by atoms with Crippen molar-refractivity contribution >= 4 is 23.2 Å². The van der Waals surface area contributed by atoms with Crippen molar-refractivity contribution < 1.29 is 14.3 Å². The Morgan fingerprint density at radius 1 is 0.903 bits per heavy atom. The van der Waals surface area contributed by atoms with Crippen LogP contribution in [0.3, 0.4) is 0 Å². The maximum absolute atomic E-state index is 12.5. The lowest BCUT2D eigenvalue weighted by atomic mass is 10.1. The molecule has 160 valence electrons. The number of benzene rings is 3. The van der Waals surface area contributed by atoms with E-state index < -0.39 is 0 Å². The largest absolute Gasteiger partial charge is 0.492 e. The van der Waals surface area contributed by atoms with E-state index in [1.54, 1.807) is 12.1 Å². The minimum absolute atomic E-state index is 0.106. The molecule has 0 saturated carbocycles. The zero-order valence-corrected chi connectivity index (χ0v) is 17.8. The molecule has 0 aliphatic carbocycles. The summed E-state index contributed by atoms with van der Waals surface area (Å²) in [5.74, 6) is 0.437. The van der Waals surface area contributed by atoms with Crippen molar-refractivity contribution in [3.63, 3.8) is 0 Å². The number of hydrogen-bond donors (Lipinski definition) is 3. The van der Waals surface area contributed by atoms with E-state index in [1.807, 2.05) is 74.5 Å². The molecule has 0 unspecified atom stereocenters. The lowest BCUT2D eigenvalue weighted by Gasteiger charge is -2.12. The fourth-order valence-electron chi connectivity index (χ4n) is 2.98. The second-order valence-electron chi connectivity index (χ2n) is 7.22. The van der Waals surface area contributed by atoms with Gasteiger partial charge in [0.2, 0.25) is 5.91 Å². The summed E-state index contributed by atoms with van der Waals surface area (Å²) in [6.45, 7) is 4.84. The molecule has 0 heterocycles. The number of carbonyl (C=O) groups excluding carboxylic acids is 2. The predicted octanol–water partition coefficient (Wildman–Crippen LogP) is 4.16. The third-order valence-electron chi connectivity index (χ3n) is 4.65. The van der Waals surface area contributed by atoms with Crippen LogP contribution in [0.5, 0.6) is 5.75 Å². The fraction of sp³-hybridized carbons (Fsp3) is 0.200. The van der Waals surface area contributed by atoms with Crippen LogP contribution in [0.1, 0.15) is 21.5 Å². The van der Waals surface area contributed by atoms with Gasteiger partial charge < -0.3 is 20.7 Å². The second kappa shape index (κ2) is 10.8. The molecule has 6 heteroatoms. The van der Waals surface area contributed by atoms with Gasteiger partial charge in [0.15, 0.2) is 0 Å². The van der Waals surface area contributed by atoms with E-state index in [9.17, 15) is 9.59 Å². The van der Waals surface area contributed by atoms with Crippen LogP contribution < -0.4 is 20.7 Å². The fourth-order valence-corrected chi connectivity index (χ4v) is 2.98. The number of anilines is 2. The van der Waals surface area contributed by atoms with Crippen LogP contribution >= 0.6 is 0 Å². The topological polar surface area (TPSA) is 79.5 Å². The SMILES string of the molecule is Cc1cccc(OCCNC(=O)CNc2cc(C(=O)Nc3ccccc3)ccc2C)c1. The van der Waals surface area contributed by atoms with Crippen molar-refractivity contribution in [1.82, 2.24) is 5.32 Å². The van der Waals surface area contributed by atoms with Crippen molar-refractivity contribution in [1.29, 1.82) is 0 Å². The van der Waals surface area contributed by atoms with Gasteiger partial charge in [0.25, 0.3) is 5.91 Å². The van der Waals surface area contributed by atoms with E-state index in [1.165, 1.54) is 0 Å². The zero-order chi connectivity index (χ0) is 22.1. The molecule has 0 spiro atoms. The van der Waals surface area contributed by atoms with Gasteiger partial charge in [-0.15, -0.1) is 0 Å². The molecule has 6 nitrogen and oxygen atoms in total. The van der Waals surface area contributed by atoms with Crippen LogP contribution in [0.4, 0.5) is 11.4 Å². The van der Waals surface area contributed by atoms with E-state index in [-0.39, 0.29) is 18.4 Å². The highest BCUT2D eigenvalue weighted by Crippen LogP contribution is 2.18. The van der Waals surface area contributed by atoms with Crippen molar-refractivity contribution in [2.24, 2.45) is 0 Å². The number of amides is 2. The van der Waals surface area contributed by atoms with Crippen molar-refractivity contribution in [3.05, 3.63) is 89.5 Å². The first-order valence-electron chi connectivity index (χ1n) is 10.2. The summed E-state index contributed by atoms with van der Waals surface area (Å²) < 4.78 is 5.63. The molecule has 3 aromatic carbocycles. The van der Waals surface area contributed by atoms with Gasteiger partial charge in [-0.25, -0.2) is 0 Å². The number of carbonyl (C=O) groups is 2. The lowest BCUT2D eigenvalue weighted by Crippen LogP contribution is -2.33. The van der Waals surface area contributed by atoms with E-state index in [4.69, 9.17) is 4.74 Å². The first-order valence-corrected chi connectivity index (χ1v) is 10.2. The second-order valence-corrected chi connectivity index (χ2v) is 7.22. The summed E-state index contributed by atoms with van der Waals surface area (Å²) in [5.41, 5.74) is 4.07. The van der Waals surface area contributed by atoms with E-state index in [0.29, 0.717) is 18.7 Å². The van der Waals surface area contributed by atoms with Gasteiger partial charge in [-0.3, -0.25) is 9.59 Å². The number of rotatable bonds is 9. The van der Waals surface area contributed by atoms with Crippen LogP contribution in [0, 0.1) is 13.8 Å². The molecule has 31 heavy (non-hydrogen) atoms. The molecule has 2 amide bonds. The minimum Gasteiger partial charge on any atom is -0.492 e. The number of para-hydroxylation sites is 1. The Labute approximate surface area is 182 Å². The number of nitrogens with one attached hydrogen (secondary N) is 3. The zero-order valence-electron chi connectivity index (χ0n) is 17.8. The molecule has 0 aliphatic rings. The smallest absolute Gasteiger partial charge is 0.255 e. The van der Waals surface area contributed by atoms with Crippen LogP contribution in [0.15, 0.2) is 72.8 Å². The summed E-state index contributed by atoms with van der Waals surface area (Å²) in [6.07, 6.45) is 0. The molecule has 3 N–H and O–H groups in total. The Balaban J connectivity index is 1.46. The highest BCUT2D eigenvalue weighted by Gasteiger charge is 2.09. The first-order chi connectivity index (χ1) is 15.0. The van der Waals surface area contributed by atoms with Gasteiger partial charge in [-0.2, -0.15) is 0 Å². The molecule has 0 radical (unpaired) electrons. The first kappa shape index (κ1) is 21.9. The summed E-state index contributed by atoms with van der Waals surface area (Å²) in [6, 6.07) is 22.4. The maximum Gasteiger partial charge on any atom is 0.255 e. The Bertz CT molecular complexity index is 1040. The van der Waals surface area contributed by atoms with Crippen LogP contribution in [0.2, 0.25) is 0 Å². The van der Waals surface area contributed by atoms with Crippen molar-refractivity contribution in [2.75, 3.05) is 30.3 Å². The quantitative estimate of drug-likeness (QED) is 0.457. The van der Waals surface area contributed by atoms with Gasteiger partial charge in [-0.05, 0) is 61.4 Å². The van der Waals surface area contributed by atoms with Gasteiger partial charge >= 0.3 is 0 Å². The molecule has 0 fully saturated rings. The molecule has 0 atom stereocenters. The average Bonchev–Trinajstić information content (AvgIpc) is 2.77. The summed E-state index contributed by atoms with van der Waals surface area (Å²) in [4.78, 5) is 24.6. The molecule has 0 aromatic heterocycles. The molecule has 0 bridgehead atoms. The number of hydrogen-bond acceptors (Lipinski definition) is 4. The van der Waals surface area contributed by atoms with Crippen LogP contribution in [0.25, 0.3) is 0 Å². The highest BCUT2D eigenvalue weighted by atomic mass is 16.5. The molecule has 0 aliphatic heterocycles.